The lowest BCUT2D eigenvalue weighted by atomic mass is 9.98. The number of amides is 1. The first-order valence-corrected chi connectivity index (χ1v) is 13.4. The molecule has 5 rings (SSSR count). The first-order valence-electron chi connectivity index (χ1n) is 13.4. The van der Waals surface area contributed by atoms with Gasteiger partial charge < -0.3 is 35.2 Å². The molecule has 1 amide bonds. The second kappa shape index (κ2) is 17.9. The second-order valence-corrected chi connectivity index (χ2v) is 9.56. The molecule has 0 radical (unpaired) electrons. The molecule has 3 aromatic carbocycles. The predicted octanol–water partition coefficient (Wildman–Crippen LogP) is 2.86. The summed E-state index contributed by atoms with van der Waals surface area (Å²) in [4.78, 5) is 33.1. The van der Waals surface area contributed by atoms with Crippen LogP contribution in [0.1, 0.15) is 34.8 Å². The summed E-state index contributed by atoms with van der Waals surface area (Å²) < 4.78 is 66.6. The van der Waals surface area contributed by atoms with E-state index < -0.39 is 25.3 Å². The summed E-state index contributed by atoms with van der Waals surface area (Å²) in [7, 11) is 0. The molecule has 0 fully saturated rings. The molecule has 1 aliphatic rings. The maximum atomic E-state index is 12.9. The molecular formula is C31H29F6N3O6. The molecule has 0 saturated carbocycles. The maximum Gasteiger partial charge on any atom is 0.430 e. The number of aromatic amines is 1. The van der Waals surface area contributed by atoms with E-state index in [0.717, 1.165) is 28.4 Å². The zero-order chi connectivity index (χ0) is 34.3. The lowest BCUT2D eigenvalue weighted by molar-refractivity contribution is -0.612. The minimum atomic E-state index is -5.19. The summed E-state index contributed by atoms with van der Waals surface area (Å²) in [6.07, 6.45) is 1.01. The molecule has 4 aromatic rings. The Hall–Kier alpha value is -5.18. The number of ether oxygens (including phenoxy) is 1. The molecule has 246 valence electrons. The Bertz CT molecular complexity index is 1590. The van der Waals surface area contributed by atoms with Crippen LogP contribution >= 0.6 is 0 Å². The molecule has 1 atom stereocenters. The van der Waals surface area contributed by atoms with E-state index in [1.165, 1.54) is 17.7 Å². The van der Waals surface area contributed by atoms with Crippen LogP contribution in [0.5, 0.6) is 5.75 Å². The number of hydrogen-bond acceptors (Lipinski definition) is 6. The first kappa shape index (κ1) is 37.0. The van der Waals surface area contributed by atoms with Crippen LogP contribution < -0.4 is 30.6 Å². The van der Waals surface area contributed by atoms with Gasteiger partial charge in [-0.25, -0.2) is 4.98 Å². The maximum absolute atomic E-state index is 12.9. The molecule has 1 aromatic heterocycles. The van der Waals surface area contributed by atoms with Crippen LogP contribution in [0.4, 0.5) is 37.7 Å². The smallest absolute Gasteiger partial charge is 0.430 e. The number of carbonyl (C=O) groups is 3. The van der Waals surface area contributed by atoms with Gasteiger partial charge in [-0.15, -0.1) is 0 Å². The Kier molecular flexibility index (Phi) is 14.4. The van der Waals surface area contributed by atoms with Crippen molar-refractivity contribution in [2.45, 2.75) is 45.3 Å². The van der Waals surface area contributed by atoms with Crippen molar-refractivity contribution in [2.24, 2.45) is 0 Å². The van der Waals surface area contributed by atoms with Gasteiger partial charge in [0.2, 0.25) is 0 Å². The molecular weight excluding hydrogens is 624 g/mol. The van der Waals surface area contributed by atoms with Crippen molar-refractivity contribution in [3.63, 3.8) is 0 Å². The fourth-order valence-electron chi connectivity index (χ4n) is 4.26. The molecule has 1 aliphatic heterocycles. The molecule has 0 saturated heterocycles. The van der Waals surface area contributed by atoms with Crippen molar-refractivity contribution in [3.8, 4) is 5.75 Å². The van der Waals surface area contributed by atoms with E-state index in [4.69, 9.17) is 24.5 Å². The zero-order valence-corrected chi connectivity index (χ0v) is 24.2. The lowest BCUT2D eigenvalue weighted by Gasteiger charge is -2.20. The number of hydrogen-bond donors (Lipinski definition) is 2. The van der Waals surface area contributed by atoms with Crippen LogP contribution in [0, 0.1) is 0 Å². The highest BCUT2D eigenvalue weighted by molar-refractivity contribution is 6.04. The number of nitrogens with one attached hydrogen (secondary N) is 2. The highest BCUT2D eigenvalue weighted by Crippen LogP contribution is 2.24. The van der Waals surface area contributed by atoms with Crippen LogP contribution in [-0.4, -0.2) is 37.2 Å². The summed E-state index contributed by atoms with van der Waals surface area (Å²) >= 11 is 0. The number of benzene rings is 3. The minimum absolute atomic E-state index is 0.141. The monoisotopic (exact) mass is 653 g/mol. The molecule has 4 N–H and O–H groups in total. The zero-order valence-electron chi connectivity index (χ0n) is 24.2. The summed E-state index contributed by atoms with van der Waals surface area (Å²) in [5.41, 5.74) is 5.03. The number of quaternary nitrogens is 1. The van der Waals surface area contributed by atoms with Gasteiger partial charge >= 0.3 is 12.9 Å². The number of rotatable bonds is 5. The number of aromatic nitrogens is 1. The van der Waals surface area contributed by atoms with E-state index in [1.54, 1.807) is 12.1 Å². The number of nitrogens with two attached hydrogens (primary N) is 1. The standard InChI is InChI=1S/C27H25N3O2.C2HF3O2.CHF3.CH2O2/c1-18-9-10-19-11-12-23(14-26(19)29-18)30-27(31)20-6-4-7-24(13-20)32-17-22-16-28-15-21-5-2-3-8-25(21)22;3-2(4,5)1(6)7;2-1(3)4;2-1-3/h2-8,11-16,18,29H,9-10,17H2,1H3,(H,30,31);(H,6,7);1H;1H,(H,2,3). The van der Waals surface area contributed by atoms with E-state index in [2.05, 4.69) is 46.8 Å². The van der Waals surface area contributed by atoms with Crippen LogP contribution in [0.25, 0.3) is 10.8 Å². The number of halogens is 6. The van der Waals surface area contributed by atoms with Crippen molar-refractivity contribution in [1.29, 1.82) is 0 Å². The van der Waals surface area contributed by atoms with Gasteiger partial charge in [-0.3, -0.25) is 4.79 Å². The van der Waals surface area contributed by atoms with Crippen molar-refractivity contribution in [3.05, 3.63) is 95.8 Å². The van der Waals surface area contributed by atoms with Crippen molar-refractivity contribution >= 4 is 40.5 Å². The molecule has 1 unspecified atom stereocenters. The average Bonchev–Trinajstić information content (AvgIpc) is 3.00. The van der Waals surface area contributed by atoms with Gasteiger partial charge in [0, 0.05) is 46.5 Å². The molecule has 46 heavy (non-hydrogen) atoms. The fraction of sp³-hybridized carbons (Fsp3) is 0.226. The highest BCUT2D eigenvalue weighted by atomic mass is 19.4. The van der Waals surface area contributed by atoms with Crippen LogP contribution in [0.15, 0.2) is 79.1 Å². The van der Waals surface area contributed by atoms with Crippen molar-refractivity contribution in [1.82, 2.24) is 0 Å². The molecule has 0 bridgehead atoms. The molecule has 2 heterocycles. The SMILES string of the molecule is CC1CCc2ccc(NC(=O)c3cccc(OCc4c[nH+]cc5ccccc45)c3)cc2[NH2+]1.FC(F)F.O=C([O-])C(F)(F)F.O=C[O-]. The molecule has 0 spiro atoms. The predicted molar refractivity (Wildman–Crippen MR) is 149 cm³/mol. The third-order valence-corrected chi connectivity index (χ3v) is 6.26. The number of aliphatic carboxylic acids is 1. The number of anilines is 1. The van der Waals surface area contributed by atoms with E-state index in [0.29, 0.717) is 24.0 Å². The topological polar surface area (TPSA) is 149 Å². The van der Waals surface area contributed by atoms with E-state index in [9.17, 15) is 31.1 Å². The largest absolute Gasteiger partial charge is 0.554 e. The summed E-state index contributed by atoms with van der Waals surface area (Å²) in [6, 6.07) is 22.3. The summed E-state index contributed by atoms with van der Waals surface area (Å²) in [5, 5.41) is 24.6. The summed E-state index contributed by atoms with van der Waals surface area (Å²) in [6.45, 7) is -1.52. The Morgan fingerprint density at radius 1 is 1.07 bits per heavy atom. The van der Waals surface area contributed by atoms with E-state index in [1.807, 2.05) is 42.7 Å². The number of pyridine rings is 1. The van der Waals surface area contributed by atoms with Crippen molar-refractivity contribution < 1.29 is 66.0 Å². The van der Waals surface area contributed by atoms with Crippen molar-refractivity contribution in [2.75, 3.05) is 5.32 Å². The Labute approximate surface area is 258 Å². The van der Waals surface area contributed by atoms with Crippen LogP contribution in [-0.2, 0) is 22.6 Å². The Morgan fingerprint density at radius 3 is 2.37 bits per heavy atom. The van der Waals surface area contributed by atoms with Gasteiger partial charge in [0.1, 0.15) is 24.0 Å². The molecule has 9 nitrogen and oxygen atoms in total. The van der Waals surface area contributed by atoms with E-state index >= 15 is 0 Å². The minimum Gasteiger partial charge on any atom is -0.554 e. The number of carboxylic acids is 1. The lowest BCUT2D eigenvalue weighted by Crippen LogP contribution is -2.85. The molecule has 15 heteroatoms. The third kappa shape index (κ3) is 12.4. The summed E-state index contributed by atoms with van der Waals surface area (Å²) in [5.74, 6) is -2.48. The number of aryl methyl sites for hydroxylation is 1. The highest BCUT2D eigenvalue weighted by Gasteiger charge is 2.28. The Balaban J connectivity index is 0.000000445. The number of alkyl halides is 6. The second-order valence-electron chi connectivity index (χ2n) is 9.56. The van der Waals surface area contributed by atoms with Gasteiger partial charge in [-0.2, -0.15) is 26.3 Å². The van der Waals surface area contributed by atoms with Gasteiger partial charge in [0.25, 0.3) is 5.91 Å². The van der Waals surface area contributed by atoms with Crippen LogP contribution in [0.3, 0.4) is 0 Å². The Morgan fingerprint density at radius 2 is 1.72 bits per heavy atom. The normalized spacial score (nSPS) is 13.3. The number of fused-ring (bicyclic) bond motifs is 2. The number of H-pyrrole nitrogens is 1. The van der Waals surface area contributed by atoms with Crippen LogP contribution in [0.2, 0.25) is 0 Å². The molecule has 0 aliphatic carbocycles. The number of carboxylic acid groups (broad SMARTS) is 2. The fourth-order valence-corrected chi connectivity index (χ4v) is 4.26. The first-order chi connectivity index (χ1) is 21.7. The van der Waals surface area contributed by atoms with Gasteiger partial charge in [-0.1, -0.05) is 30.3 Å². The third-order valence-electron chi connectivity index (χ3n) is 6.26. The van der Waals surface area contributed by atoms with Gasteiger partial charge in [0.05, 0.1) is 11.6 Å². The number of carbonyl (C=O) groups excluding carboxylic acids is 3. The van der Waals surface area contributed by atoms with Gasteiger partial charge in [-0.05, 0) is 43.7 Å². The average molecular weight is 654 g/mol. The van der Waals surface area contributed by atoms with E-state index in [-0.39, 0.29) is 5.91 Å². The van der Waals surface area contributed by atoms with Gasteiger partial charge in [0.15, 0.2) is 12.4 Å². The quantitative estimate of drug-likeness (QED) is 0.192.